The summed E-state index contributed by atoms with van der Waals surface area (Å²) in [5, 5.41) is 12.9. The van der Waals surface area contributed by atoms with Gasteiger partial charge in [0.15, 0.2) is 0 Å². The second-order valence-corrected chi connectivity index (χ2v) is 6.10. The summed E-state index contributed by atoms with van der Waals surface area (Å²) in [6.07, 6.45) is 0.0615. The van der Waals surface area contributed by atoms with Gasteiger partial charge >= 0.3 is 5.97 Å². The van der Waals surface area contributed by atoms with Crippen LogP contribution in [0.3, 0.4) is 0 Å². The van der Waals surface area contributed by atoms with Crippen LogP contribution in [0.5, 0.6) is 5.75 Å². The first-order chi connectivity index (χ1) is 10.9. The smallest absolute Gasteiger partial charge is 0.337 e. The molecule has 23 heavy (non-hydrogen) atoms. The van der Waals surface area contributed by atoms with Gasteiger partial charge in [0.1, 0.15) is 5.75 Å². The Kier molecular flexibility index (Phi) is 5.74. The number of rotatable bonds is 6. The van der Waals surface area contributed by atoms with Crippen molar-refractivity contribution in [1.29, 1.82) is 0 Å². The quantitative estimate of drug-likeness (QED) is 0.759. The van der Waals surface area contributed by atoms with Crippen molar-refractivity contribution in [3.8, 4) is 5.75 Å². The fraction of sp³-hybridized carbons (Fsp3) is 0.235. The standard InChI is InChI=1S/C17H17Cl2NO3/c1-10(2)23-16-6-3-11(7-15(16)19)9-20-12-4-5-13(17(21)22)14(18)8-12/h3-8,10,20H,9H2,1-2H3,(H,21,22). The van der Waals surface area contributed by atoms with Crippen LogP contribution in [0.4, 0.5) is 5.69 Å². The van der Waals surface area contributed by atoms with Crippen LogP contribution in [0.2, 0.25) is 10.0 Å². The van der Waals surface area contributed by atoms with Gasteiger partial charge in [0, 0.05) is 12.2 Å². The summed E-state index contributed by atoms with van der Waals surface area (Å²) in [4.78, 5) is 10.9. The fourth-order valence-corrected chi connectivity index (χ4v) is 2.52. The average Bonchev–Trinajstić information content (AvgIpc) is 2.47. The van der Waals surface area contributed by atoms with Gasteiger partial charge in [-0.2, -0.15) is 0 Å². The molecule has 0 unspecified atom stereocenters. The molecular weight excluding hydrogens is 337 g/mol. The van der Waals surface area contributed by atoms with E-state index in [9.17, 15) is 4.79 Å². The highest BCUT2D eigenvalue weighted by Gasteiger charge is 2.09. The minimum absolute atomic E-state index is 0.0615. The minimum atomic E-state index is -1.05. The summed E-state index contributed by atoms with van der Waals surface area (Å²) < 4.78 is 5.59. The highest BCUT2D eigenvalue weighted by atomic mass is 35.5. The summed E-state index contributed by atoms with van der Waals surface area (Å²) in [5.74, 6) is -0.395. The Morgan fingerprint density at radius 1 is 1.17 bits per heavy atom. The molecule has 0 saturated heterocycles. The van der Waals surface area contributed by atoms with Crippen molar-refractivity contribution in [2.75, 3.05) is 5.32 Å². The number of ether oxygens (including phenoxy) is 1. The highest BCUT2D eigenvalue weighted by Crippen LogP contribution is 2.27. The molecule has 2 N–H and O–H groups in total. The third-order valence-corrected chi connectivity index (χ3v) is 3.66. The molecule has 0 saturated carbocycles. The molecule has 2 aromatic carbocycles. The van der Waals surface area contributed by atoms with E-state index in [-0.39, 0.29) is 16.7 Å². The molecule has 2 rings (SSSR count). The van der Waals surface area contributed by atoms with Gasteiger partial charge in [-0.15, -0.1) is 0 Å². The van der Waals surface area contributed by atoms with Crippen molar-refractivity contribution in [2.45, 2.75) is 26.5 Å². The predicted octanol–water partition coefficient (Wildman–Crippen LogP) is 5.09. The Bertz CT molecular complexity index is 717. The second-order valence-electron chi connectivity index (χ2n) is 5.28. The molecule has 0 aliphatic rings. The van der Waals surface area contributed by atoms with Gasteiger partial charge in [-0.05, 0) is 49.7 Å². The number of nitrogens with one attached hydrogen (secondary N) is 1. The second kappa shape index (κ2) is 7.57. The van der Waals surface area contributed by atoms with Crippen molar-refractivity contribution in [2.24, 2.45) is 0 Å². The van der Waals surface area contributed by atoms with Gasteiger partial charge in [0.25, 0.3) is 0 Å². The molecule has 0 aromatic heterocycles. The van der Waals surface area contributed by atoms with E-state index in [0.717, 1.165) is 11.3 Å². The molecular formula is C17H17Cl2NO3. The molecule has 122 valence electrons. The van der Waals surface area contributed by atoms with Crippen LogP contribution in [0, 0.1) is 0 Å². The number of benzene rings is 2. The van der Waals surface area contributed by atoms with E-state index in [1.54, 1.807) is 12.1 Å². The van der Waals surface area contributed by atoms with E-state index in [1.165, 1.54) is 6.07 Å². The largest absolute Gasteiger partial charge is 0.489 e. The molecule has 2 aromatic rings. The van der Waals surface area contributed by atoms with E-state index in [0.29, 0.717) is 17.3 Å². The van der Waals surface area contributed by atoms with Crippen molar-refractivity contribution < 1.29 is 14.6 Å². The maximum atomic E-state index is 10.9. The molecule has 6 heteroatoms. The number of aromatic carboxylic acids is 1. The number of carbonyl (C=O) groups is 1. The van der Waals surface area contributed by atoms with E-state index < -0.39 is 5.97 Å². The Labute approximate surface area is 145 Å². The lowest BCUT2D eigenvalue weighted by Gasteiger charge is -2.13. The highest BCUT2D eigenvalue weighted by molar-refractivity contribution is 6.33. The van der Waals surface area contributed by atoms with Gasteiger partial charge in [0.2, 0.25) is 0 Å². The number of carboxylic acids is 1. The third kappa shape index (κ3) is 4.78. The zero-order valence-electron chi connectivity index (χ0n) is 12.8. The minimum Gasteiger partial charge on any atom is -0.489 e. The number of hydrogen-bond donors (Lipinski definition) is 2. The van der Waals surface area contributed by atoms with Crippen molar-refractivity contribution in [3.63, 3.8) is 0 Å². The molecule has 0 aliphatic carbocycles. The predicted molar refractivity (Wildman–Crippen MR) is 93.0 cm³/mol. The van der Waals surface area contributed by atoms with Gasteiger partial charge in [-0.25, -0.2) is 4.79 Å². The van der Waals surface area contributed by atoms with Gasteiger partial charge < -0.3 is 15.2 Å². The fourth-order valence-electron chi connectivity index (χ4n) is 2.01. The Morgan fingerprint density at radius 2 is 1.91 bits per heavy atom. The third-order valence-electron chi connectivity index (χ3n) is 3.06. The summed E-state index contributed by atoms with van der Waals surface area (Å²) in [6.45, 7) is 4.41. The molecule has 0 fully saturated rings. The molecule has 4 nitrogen and oxygen atoms in total. The zero-order valence-corrected chi connectivity index (χ0v) is 14.3. The van der Waals surface area contributed by atoms with Gasteiger partial charge in [-0.3, -0.25) is 0 Å². The summed E-state index contributed by atoms with van der Waals surface area (Å²) >= 11 is 12.1. The zero-order chi connectivity index (χ0) is 17.0. The van der Waals surface area contributed by atoms with Crippen LogP contribution in [-0.4, -0.2) is 17.2 Å². The van der Waals surface area contributed by atoms with E-state index in [4.69, 9.17) is 33.0 Å². The molecule has 0 atom stereocenters. The van der Waals surface area contributed by atoms with Crippen LogP contribution in [0.1, 0.15) is 29.8 Å². The van der Waals surface area contributed by atoms with Crippen molar-refractivity contribution >= 4 is 34.9 Å². The first kappa shape index (κ1) is 17.4. The Hall–Kier alpha value is -1.91. The Balaban J connectivity index is 2.05. The maximum Gasteiger partial charge on any atom is 0.337 e. The lowest BCUT2D eigenvalue weighted by molar-refractivity contribution is 0.0697. The Morgan fingerprint density at radius 3 is 2.48 bits per heavy atom. The van der Waals surface area contributed by atoms with Crippen LogP contribution in [0.15, 0.2) is 36.4 Å². The SMILES string of the molecule is CC(C)Oc1ccc(CNc2ccc(C(=O)O)c(Cl)c2)cc1Cl. The average molecular weight is 354 g/mol. The van der Waals surface area contributed by atoms with Gasteiger partial charge in [0.05, 0.1) is 21.7 Å². The topological polar surface area (TPSA) is 58.6 Å². The van der Waals surface area contributed by atoms with Crippen LogP contribution in [0.25, 0.3) is 0 Å². The van der Waals surface area contributed by atoms with Crippen LogP contribution in [-0.2, 0) is 6.54 Å². The molecule has 0 amide bonds. The summed E-state index contributed by atoms with van der Waals surface area (Å²) in [6, 6.07) is 10.3. The van der Waals surface area contributed by atoms with Crippen LogP contribution < -0.4 is 10.1 Å². The van der Waals surface area contributed by atoms with E-state index in [2.05, 4.69) is 5.32 Å². The number of carboxylic acid groups (broad SMARTS) is 1. The monoisotopic (exact) mass is 353 g/mol. The maximum absolute atomic E-state index is 10.9. The summed E-state index contributed by atoms with van der Waals surface area (Å²) in [7, 11) is 0. The van der Waals surface area contributed by atoms with E-state index >= 15 is 0 Å². The van der Waals surface area contributed by atoms with Crippen LogP contribution >= 0.6 is 23.2 Å². The number of halogens is 2. The molecule has 0 bridgehead atoms. The van der Waals surface area contributed by atoms with Gasteiger partial charge in [-0.1, -0.05) is 29.3 Å². The normalized spacial score (nSPS) is 10.7. The number of hydrogen-bond acceptors (Lipinski definition) is 3. The first-order valence-corrected chi connectivity index (χ1v) is 7.84. The lowest BCUT2D eigenvalue weighted by atomic mass is 10.2. The summed E-state index contributed by atoms with van der Waals surface area (Å²) in [5.41, 5.74) is 1.79. The number of anilines is 1. The van der Waals surface area contributed by atoms with Crippen molar-refractivity contribution in [3.05, 3.63) is 57.6 Å². The molecule has 0 aliphatic heterocycles. The van der Waals surface area contributed by atoms with E-state index in [1.807, 2.05) is 32.0 Å². The van der Waals surface area contributed by atoms with Crippen molar-refractivity contribution in [1.82, 2.24) is 0 Å². The first-order valence-electron chi connectivity index (χ1n) is 7.08. The molecule has 0 spiro atoms. The molecule has 0 heterocycles. The lowest BCUT2D eigenvalue weighted by Crippen LogP contribution is -2.06. The molecule has 0 radical (unpaired) electrons.